The molecular weight excluding hydrogens is 398 g/mol. The Labute approximate surface area is 182 Å². The number of halogens is 1. The Balaban J connectivity index is 1.85. The predicted octanol–water partition coefficient (Wildman–Crippen LogP) is 6.40. The van der Waals surface area contributed by atoms with E-state index in [4.69, 9.17) is 16.3 Å². The molecule has 1 atom stereocenters. The maximum Gasteiger partial charge on any atom is 0.169 e. The molecule has 0 amide bonds. The summed E-state index contributed by atoms with van der Waals surface area (Å²) in [5, 5.41) is 11.0. The molecule has 0 radical (unpaired) electrons. The molecule has 0 saturated carbocycles. The summed E-state index contributed by atoms with van der Waals surface area (Å²) in [6, 6.07) is 14.4. The second-order valence-corrected chi connectivity index (χ2v) is 8.64. The van der Waals surface area contributed by atoms with E-state index in [9.17, 15) is 9.90 Å². The summed E-state index contributed by atoms with van der Waals surface area (Å²) < 4.78 is 6.05. The van der Waals surface area contributed by atoms with Crippen molar-refractivity contribution in [1.82, 2.24) is 4.98 Å². The standard InChI is InChI=1S/C25H26ClNO3/c1-5-16-13-17(23(28)18-7-6-12-27-15-18)8-11-22(16)30-19-9-10-20(21(26)14-19)24(29)25(2,3)4/h6-15,23,28H,5H2,1-4H3. The number of carbonyl (C=O) groups excluding carboxylic acids is 1. The van der Waals surface area contributed by atoms with Crippen LogP contribution in [0.4, 0.5) is 0 Å². The van der Waals surface area contributed by atoms with Crippen LogP contribution < -0.4 is 4.74 Å². The van der Waals surface area contributed by atoms with Crippen molar-refractivity contribution in [3.05, 3.63) is 88.2 Å². The van der Waals surface area contributed by atoms with E-state index < -0.39 is 11.5 Å². The summed E-state index contributed by atoms with van der Waals surface area (Å²) in [7, 11) is 0. The van der Waals surface area contributed by atoms with E-state index in [0.29, 0.717) is 22.1 Å². The fourth-order valence-electron chi connectivity index (χ4n) is 3.15. The van der Waals surface area contributed by atoms with Gasteiger partial charge in [0.1, 0.15) is 17.6 Å². The monoisotopic (exact) mass is 423 g/mol. The van der Waals surface area contributed by atoms with Crippen molar-refractivity contribution in [1.29, 1.82) is 0 Å². The summed E-state index contributed by atoms with van der Waals surface area (Å²) in [6.45, 7) is 7.63. The van der Waals surface area contributed by atoms with Gasteiger partial charge in [-0.3, -0.25) is 9.78 Å². The van der Waals surface area contributed by atoms with Gasteiger partial charge in [0, 0.05) is 35.0 Å². The molecule has 1 heterocycles. The molecule has 1 N–H and O–H groups in total. The van der Waals surface area contributed by atoms with Crippen LogP contribution in [0.2, 0.25) is 5.02 Å². The molecule has 4 nitrogen and oxygen atoms in total. The number of hydrogen-bond donors (Lipinski definition) is 1. The van der Waals surface area contributed by atoms with Gasteiger partial charge in [-0.15, -0.1) is 0 Å². The Morgan fingerprint density at radius 1 is 1.13 bits per heavy atom. The van der Waals surface area contributed by atoms with Crippen LogP contribution in [0.3, 0.4) is 0 Å². The highest BCUT2D eigenvalue weighted by atomic mass is 35.5. The summed E-state index contributed by atoms with van der Waals surface area (Å²) in [5.41, 5.74) is 2.45. The Hall–Kier alpha value is -2.69. The van der Waals surface area contributed by atoms with Gasteiger partial charge in [-0.05, 0) is 47.9 Å². The number of hydrogen-bond acceptors (Lipinski definition) is 4. The van der Waals surface area contributed by atoms with E-state index >= 15 is 0 Å². The third-order valence-corrected chi connectivity index (χ3v) is 5.19. The normalized spacial score (nSPS) is 12.5. The number of benzene rings is 2. The fourth-order valence-corrected chi connectivity index (χ4v) is 3.41. The number of aliphatic hydroxyl groups is 1. The van der Waals surface area contributed by atoms with Crippen LogP contribution >= 0.6 is 11.6 Å². The van der Waals surface area contributed by atoms with Gasteiger partial charge in [0.25, 0.3) is 0 Å². The first-order chi connectivity index (χ1) is 14.2. The second-order valence-electron chi connectivity index (χ2n) is 8.23. The molecule has 0 aliphatic carbocycles. The highest BCUT2D eigenvalue weighted by Crippen LogP contribution is 2.33. The number of ketones is 1. The summed E-state index contributed by atoms with van der Waals surface area (Å²) in [6.07, 6.45) is 3.31. The second kappa shape index (κ2) is 8.99. The quantitative estimate of drug-likeness (QED) is 0.466. The van der Waals surface area contributed by atoms with Crippen molar-refractivity contribution >= 4 is 17.4 Å². The van der Waals surface area contributed by atoms with E-state index in [1.54, 1.807) is 36.7 Å². The molecule has 0 spiro atoms. The third kappa shape index (κ3) is 4.89. The average Bonchev–Trinajstić information content (AvgIpc) is 2.73. The van der Waals surface area contributed by atoms with Crippen molar-refractivity contribution < 1.29 is 14.6 Å². The molecule has 0 aliphatic heterocycles. The topological polar surface area (TPSA) is 59.4 Å². The Bertz CT molecular complexity index is 1040. The molecule has 156 valence electrons. The molecular formula is C25H26ClNO3. The maximum atomic E-state index is 12.5. The number of aliphatic hydroxyl groups excluding tert-OH is 1. The van der Waals surface area contributed by atoms with Gasteiger partial charge < -0.3 is 9.84 Å². The molecule has 0 bridgehead atoms. The van der Waals surface area contributed by atoms with Crippen molar-refractivity contribution in [3.63, 3.8) is 0 Å². The molecule has 2 aromatic carbocycles. The summed E-state index contributed by atoms with van der Waals surface area (Å²) >= 11 is 6.37. The van der Waals surface area contributed by atoms with Crippen LogP contribution in [0.5, 0.6) is 11.5 Å². The van der Waals surface area contributed by atoms with Gasteiger partial charge >= 0.3 is 0 Å². The molecule has 0 aliphatic rings. The Morgan fingerprint density at radius 2 is 1.90 bits per heavy atom. The van der Waals surface area contributed by atoms with Crippen molar-refractivity contribution in [2.45, 2.75) is 40.2 Å². The van der Waals surface area contributed by atoms with Gasteiger partial charge in [0.05, 0.1) is 5.02 Å². The lowest BCUT2D eigenvalue weighted by molar-refractivity contribution is 0.0858. The molecule has 5 heteroatoms. The minimum absolute atomic E-state index is 0.0120. The zero-order valence-corrected chi connectivity index (χ0v) is 18.4. The van der Waals surface area contributed by atoms with E-state index in [1.165, 1.54) is 0 Å². The maximum absolute atomic E-state index is 12.5. The number of ether oxygens (including phenoxy) is 1. The molecule has 3 rings (SSSR count). The molecule has 1 unspecified atom stereocenters. The third-order valence-electron chi connectivity index (χ3n) is 4.88. The number of nitrogens with zero attached hydrogens (tertiary/aromatic N) is 1. The molecule has 30 heavy (non-hydrogen) atoms. The highest BCUT2D eigenvalue weighted by molar-refractivity contribution is 6.34. The van der Waals surface area contributed by atoms with E-state index in [0.717, 1.165) is 23.1 Å². The smallest absolute Gasteiger partial charge is 0.169 e. The molecule has 1 aromatic heterocycles. The summed E-state index contributed by atoms with van der Waals surface area (Å²) in [5.74, 6) is 1.23. The van der Waals surface area contributed by atoms with E-state index in [-0.39, 0.29) is 5.78 Å². The fraction of sp³-hybridized carbons (Fsp3) is 0.280. The van der Waals surface area contributed by atoms with Gasteiger partial charge in [-0.25, -0.2) is 0 Å². The Kier molecular flexibility index (Phi) is 6.59. The van der Waals surface area contributed by atoms with Gasteiger partial charge in [0.2, 0.25) is 0 Å². The lowest BCUT2D eigenvalue weighted by atomic mass is 9.86. The number of aryl methyl sites for hydroxylation is 1. The Morgan fingerprint density at radius 3 is 2.50 bits per heavy atom. The van der Waals surface area contributed by atoms with Crippen LogP contribution in [0.1, 0.15) is 60.8 Å². The minimum Gasteiger partial charge on any atom is -0.457 e. The molecule has 3 aromatic rings. The number of Topliss-reactive ketones (excluding diaryl/α,β-unsaturated/α-hetero) is 1. The number of rotatable bonds is 6. The van der Waals surface area contributed by atoms with Crippen LogP contribution in [-0.2, 0) is 6.42 Å². The lowest BCUT2D eigenvalue weighted by Gasteiger charge is -2.18. The largest absolute Gasteiger partial charge is 0.457 e. The van der Waals surface area contributed by atoms with Crippen molar-refractivity contribution in [2.75, 3.05) is 0 Å². The SMILES string of the molecule is CCc1cc(C(O)c2cccnc2)ccc1Oc1ccc(C(=O)C(C)(C)C)c(Cl)c1. The number of pyridine rings is 1. The highest BCUT2D eigenvalue weighted by Gasteiger charge is 2.25. The van der Waals surface area contributed by atoms with Gasteiger partial charge in [-0.1, -0.05) is 51.4 Å². The lowest BCUT2D eigenvalue weighted by Crippen LogP contribution is -2.20. The minimum atomic E-state index is -0.754. The van der Waals surface area contributed by atoms with Crippen LogP contribution in [0.15, 0.2) is 60.9 Å². The predicted molar refractivity (Wildman–Crippen MR) is 119 cm³/mol. The van der Waals surface area contributed by atoms with Crippen molar-refractivity contribution in [2.24, 2.45) is 5.41 Å². The first-order valence-electron chi connectivity index (χ1n) is 9.93. The molecule has 0 fully saturated rings. The first-order valence-corrected chi connectivity index (χ1v) is 10.3. The van der Waals surface area contributed by atoms with Crippen LogP contribution in [0.25, 0.3) is 0 Å². The van der Waals surface area contributed by atoms with Crippen LogP contribution in [0, 0.1) is 5.41 Å². The zero-order valence-electron chi connectivity index (χ0n) is 17.6. The van der Waals surface area contributed by atoms with E-state index in [2.05, 4.69) is 4.98 Å². The van der Waals surface area contributed by atoms with Crippen LogP contribution in [-0.4, -0.2) is 15.9 Å². The number of aromatic nitrogens is 1. The zero-order chi connectivity index (χ0) is 21.9. The van der Waals surface area contributed by atoms with Gasteiger partial charge in [0.15, 0.2) is 5.78 Å². The van der Waals surface area contributed by atoms with Gasteiger partial charge in [-0.2, -0.15) is 0 Å². The van der Waals surface area contributed by atoms with Crippen molar-refractivity contribution in [3.8, 4) is 11.5 Å². The first kappa shape index (κ1) is 22.0. The average molecular weight is 424 g/mol. The van der Waals surface area contributed by atoms with E-state index in [1.807, 2.05) is 52.0 Å². The molecule has 0 saturated heterocycles. The number of carbonyl (C=O) groups is 1. The summed E-state index contributed by atoms with van der Waals surface area (Å²) in [4.78, 5) is 16.6.